The molecule has 2 unspecified atom stereocenters. The predicted molar refractivity (Wildman–Crippen MR) is 216 cm³/mol. The number of hydrogen-bond donors (Lipinski definition) is 1. The van der Waals surface area contributed by atoms with Crippen LogP contribution in [0.15, 0.2) is 36.4 Å². The van der Waals surface area contributed by atoms with Crippen LogP contribution >= 0.6 is 19.5 Å². The van der Waals surface area contributed by atoms with E-state index in [1.54, 1.807) is 0 Å². The largest absolute Gasteiger partial charge is 0.507 e. The number of ether oxygens (including phenoxy) is 4. The van der Waals surface area contributed by atoms with Gasteiger partial charge in [-0.15, -0.1) is 0 Å². The lowest BCUT2D eigenvalue weighted by molar-refractivity contribution is -0.0111. The number of rotatable bonds is 9. The summed E-state index contributed by atoms with van der Waals surface area (Å²) in [5.74, 6) is 2.01. The van der Waals surface area contributed by atoms with E-state index < -0.39 is 7.92 Å². The van der Waals surface area contributed by atoms with Gasteiger partial charge in [-0.25, -0.2) is 0 Å². The highest BCUT2D eigenvalue weighted by Crippen LogP contribution is 2.49. The molecule has 0 aliphatic carbocycles. The van der Waals surface area contributed by atoms with Gasteiger partial charge >= 0.3 is 0 Å². The Morgan fingerprint density at radius 2 is 1.06 bits per heavy atom. The fraction of sp³-hybridized carbons (Fsp3) is 0.591. The summed E-state index contributed by atoms with van der Waals surface area (Å²) in [6.07, 6.45) is 6.52. The molecule has 7 heteroatoms. The van der Waals surface area contributed by atoms with E-state index in [4.69, 9.17) is 30.5 Å². The van der Waals surface area contributed by atoms with Crippen molar-refractivity contribution in [2.75, 3.05) is 26.4 Å². The summed E-state index contributed by atoms with van der Waals surface area (Å²) in [6, 6.07) is 12.9. The molecular weight excluding hydrogens is 675 g/mol. The normalized spacial score (nSPS) is 19.5. The lowest BCUT2D eigenvalue weighted by atomic mass is 9.85. The molecule has 2 saturated heterocycles. The van der Waals surface area contributed by atoms with Crippen molar-refractivity contribution < 1.29 is 24.1 Å². The maximum atomic E-state index is 12.4. The third kappa shape index (κ3) is 9.63. The van der Waals surface area contributed by atoms with Crippen molar-refractivity contribution in [1.29, 1.82) is 0 Å². The Labute approximate surface area is 314 Å². The SMILES string of the molecule is Cc1cc(P(c2cc(Cl)cc(C(C)(C)C)c2O)c2cc(C)cc(C(C)(C)C)c2OCC2CCCCO2)c(OCC2CCCCO2)c(C(C)(C)C)c1. The molecule has 0 saturated carbocycles. The second-order valence-corrected chi connectivity index (χ2v) is 20.4. The first-order chi connectivity index (χ1) is 23.8. The van der Waals surface area contributed by atoms with Gasteiger partial charge in [-0.1, -0.05) is 86.0 Å². The highest BCUT2D eigenvalue weighted by Gasteiger charge is 2.36. The van der Waals surface area contributed by atoms with Crippen molar-refractivity contribution in [3.05, 3.63) is 69.2 Å². The van der Waals surface area contributed by atoms with Gasteiger partial charge in [0.1, 0.15) is 30.5 Å². The second-order valence-electron chi connectivity index (χ2n) is 17.8. The molecule has 2 aliphatic heterocycles. The lowest BCUT2D eigenvalue weighted by Crippen LogP contribution is -2.33. The Balaban J connectivity index is 1.85. The Kier molecular flexibility index (Phi) is 12.5. The molecule has 1 N–H and O–H groups in total. The standard InChI is InChI=1S/C44H62ClO5P/c1-28-20-34(43(6,7)8)40(49-26-31-16-12-14-18-47-31)37(22-28)51(36-25-30(45)24-33(39(36)46)42(3,4)5)38-23-29(2)21-35(44(9,10)11)41(38)50-27-32-17-13-15-19-48-32/h20-25,31-32,46H,12-19,26-27H2,1-11H3. The summed E-state index contributed by atoms with van der Waals surface area (Å²) in [4.78, 5) is 0. The Morgan fingerprint density at radius 3 is 1.43 bits per heavy atom. The zero-order valence-corrected chi connectivity index (χ0v) is 34.7. The van der Waals surface area contributed by atoms with Crippen LogP contribution in [-0.2, 0) is 25.7 Å². The lowest BCUT2D eigenvalue weighted by Gasteiger charge is -2.34. The van der Waals surface area contributed by atoms with Crippen LogP contribution in [0.3, 0.4) is 0 Å². The number of aryl methyl sites for hydroxylation is 2. The third-order valence-corrected chi connectivity index (χ3v) is 12.7. The van der Waals surface area contributed by atoms with Gasteiger partial charge in [-0.05, 0) is 112 Å². The summed E-state index contributed by atoms with van der Waals surface area (Å²) in [5.41, 5.74) is 4.62. The van der Waals surface area contributed by atoms with E-state index in [1.807, 2.05) is 12.1 Å². The van der Waals surface area contributed by atoms with Gasteiger partial charge in [-0.3, -0.25) is 0 Å². The first-order valence-electron chi connectivity index (χ1n) is 19.0. The van der Waals surface area contributed by atoms with Gasteiger partial charge in [-0.2, -0.15) is 0 Å². The van der Waals surface area contributed by atoms with Crippen molar-refractivity contribution in [1.82, 2.24) is 0 Å². The van der Waals surface area contributed by atoms with Crippen LogP contribution in [-0.4, -0.2) is 43.7 Å². The molecule has 2 atom stereocenters. The molecule has 2 fully saturated rings. The van der Waals surface area contributed by atoms with Crippen LogP contribution in [0.1, 0.15) is 129 Å². The van der Waals surface area contributed by atoms with Gasteiger partial charge in [0.15, 0.2) is 0 Å². The van der Waals surface area contributed by atoms with Gasteiger partial charge in [0.25, 0.3) is 0 Å². The molecule has 3 aromatic rings. The van der Waals surface area contributed by atoms with E-state index in [0.29, 0.717) is 18.2 Å². The van der Waals surface area contributed by atoms with Gasteiger partial charge in [0, 0.05) is 50.8 Å². The highest BCUT2D eigenvalue weighted by atomic mass is 35.5. The van der Waals surface area contributed by atoms with E-state index in [1.165, 1.54) is 0 Å². The Hall–Kier alpha value is -2.30. The van der Waals surface area contributed by atoms with Crippen LogP contribution in [0.5, 0.6) is 17.2 Å². The van der Waals surface area contributed by atoms with Crippen molar-refractivity contribution in [3.63, 3.8) is 0 Å². The van der Waals surface area contributed by atoms with E-state index in [9.17, 15) is 5.11 Å². The first-order valence-corrected chi connectivity index (χ1v) is 20.7. The highest BCUT2D eigenvalue weighted by molar-refractivity contribution is 7.80. The third-order valence-electron chi connectivity index (χ3n) is 10.0. The number of phenolic OH excluding ortho intramolecular Hbond substituents is 1. The Bertz CT molecular complexity index is 1580. The minimum Gasteiger partial charge on any atom is -0.507 e. The zero-order chi connectivity index (χ0) is 37.3. The second kappa shape index (κ2) is 16.0. The molecular formula is C44H62ClO5P. The molecule has 5 nitrogen and oxygen atoms in total. The number of halogens is 1. The van der Waals surface area contributed by atoms with Crippen LogP contribution in [0.2, 0.25) is 5.02 Å². The number of hydrogen-bond acceptors (Lipinski definition) is 5. The molecule has 0 spiro atoms. The molecule has 51 heavy (non-hydrogen) atoms. The molecule has 0 bridgehead atoms. The minimum atomic E-state index is -1.47. The summed E-state index contributed by atoms with van der Waals surface area (Å²) in [6.45, 7) is 26.6. The minimum absolute atomic E-state index is 0.0415. The van der Waals surface area contributed by atoms with Crippen LogP contribution in [0.25, 0.3) is 0 Å². The maximum Gasteiger partial charge on any atom is 0.131 e. The summed E-state index contributed by atoms with van der Waals surface area (Å²) >= 11 is 7.03. The van der Waals surface area contributed by atoms with Gasteiger partial charge in [0.05, 0.1) is 12.2 Å². The zero-order valence-electron chi connectivity index (χ0n) is 33.1. The molecule has 0 aromatic heterocycles. The van der Waals surface area contributed by atoms with Crippen molar-refractivity contribution >= 4 is 35.4 Å². The van der Waals surface area contributed by atoms with E-state index in [-0.39, 0.29) is 34.2 Å². The van der Waals surface area contributed by atoms with E-state index in [0.717, 1.165) is 107 Å². The van der Waals surface area contributed by atoms with Gasteiger partial charge in [0.2, 0.25) is 0 Å². The molecule has 280 valence electrons. The molecule has 0 amide bonds. The van der Waals surface area contributed by atoms with E-state index in [2.05, 4.69) is 100 Å². The summed E-state index contributed by atoms with van der Waals surface area (Å²) in [5, 5.41) is 15.9. The molecule has 2 aliphatic rings. The molecule has 2 heterocycles. The van der Waals surface area contributed by atoms with Crippen molar-refractivity contribution in [3.8, 4) is 17.2 Å². The molecule has 0 radical (unpaired) electrons. The van der Waals surface area contributed by atoms with Crippen LogP contribution in [0.4, 0.5) is 0 Å². The fourth-order valence-electron chi connectivity index (χ4n) is 7.20. The van der Waals surface area contributed by atoms with Gasteiger partial charge < -0.3 is 24.1 Å². The summed E-state index contributed by atoms with van der Waals surface area (Å²) < 4.78 is 26.4. The Morgan fingerprint density at radius 1 is 0.627 bits per heavy atom. The molecule has 5 rings (SSSR count). The average Bonchev–Trinajstić information content (AvgIpc) is 3.04. The fourth-order valence-corrected chi connectivity index (χ4v) is 10.3. The maximum absolute atomic E-state index is 12.4. The van der Waals surface area contributed by atoms with Crippen molar-refractivity contribution in [2.45, 2.75) is 143 Å². The monoisotopic (exact) mass is 736 g/mol. The number of phenols is 1. The van der Waals surface area contributed by atoms with Crippen molar-refractivity contribution in [2.24, 2.45) is 0 Å². The number of benzene rings is 3. The molecule has 3 aromatic carbocycles. The quantitative estimate of drug-likeness (QED) is 0.222. The van der Waals surface area contributed by atoms with Crippen LogP contribution in [0, 0.1) is 13.8 Å². The topological polar surface area (TPSA) is 57.2 Å². The number of aromatic hydroxyl groups is 1. The first kappa shape index (κ1) is 39.9. The van der Waals surface area contributed by atoms with E-state index >= 15 is 0 Å². The average molecular weight is 737 g/mol. The van der Waals surface area contributed by atoms with Crippen LogP contribution < -0.4 is 25.4 Å². The predicted octanol–water partition coefficient (Wildman–Crippen LogP) is 10.2. The summed E-state index contributed by atoms with van der Waals surface area (Å²) in [7, 11) is -1.47. The smallest absolute Gasteiger partial charge is 0.131 e.